The van der Waals surface area contributed by atoms with Crippen molar-refractivity contribution in [1.29, 1.82) is 0 Å². The lowest BCUT2D eigenvalue weighted by Gasteiger charge is -2.25. The van der Waals surface area contributed by atoms with Gasteiger partial charge in [-0.2, -0.15) is 0 Å². The van der Waals surface area contributed by atoms with E-state index in [9.17, 15) is 9.50 Å². The van der Waals surface area contributed by atoms with Gasteiger partial charge >= 0.3 is 0 Å². The fourth-order valence-corrected chi connectivity index (χ4v) is 3.01. The second kappa shape index (κ2) is 5.15. The molecule has 1 atom stereocenters. The van der Waals surface area contributed by atoms with Gasteiger partial charge in [0, 0.05) is 30.4 Å². The van der Waals surface area contributed by atoms with E-state index in [1.54, 1.807) is 12.3 Å². The molecule has 0 spiro atoms. The van der Waals surface area contributed by atoms with Crippen LogP contribution in [0.1, 0.15) is 26.2 Å². The molecule has 0 bridgehead atoms. The topological polar surface area (TPSA) is 62.4 Å². The van der Waals surface area contributed by atoms with Crippen molar-refractivity contribution in [2.24, 2.45) is 0 Å². The highest BCUT2D eigenvalue weighted by molar-refractivity contribution is 5.98. The van der Waals surface area contributed by atoms with E-state index in [0.717, 1.165) is 18.2 Å². The second-order valence-electron chi connectivity index (χ2n) is 6.03. The highest BCUT2D eigenvalue weighted by Gasteiger charge is 2.27. The number of hydrogen-bond donors (Lipinski definition) is 2. The first kappa shape index (κ1) is 14.1. The van der Waals surface area contributed by atoms with Gasteiger partial charge in [0.25, 0.3) is 0 Å². The number of rotatable bonds is 1. The van der Waals surface area contributed by atoms with Gasteiger partial charge in [-0.3, -0.25) is 4.98 Å². The van der Waals surface area contributed by atoms with Crippen molar-refractivity contribution in [1.82, 2.24) is 4.98 Å². The van der Waals surface area contributed by atoms with E-state index >= 15 is 0 Å². The molecule has 21 heavy (non-hydrogen) atoms. The van der Waals surface area contributed by atoms with Gasteiger partial charge in [-0.25, -0.2) is 4.39 Å². The molecule has 1 unspecified atom stereocenters. The molecule has 0 amide bonds. The number of pyridine rings is 1. The minimum absolute atomic E-state index is 0.347. The number of halogens is 1. The van der Waals surface area contributed by atoms with Crippen molar-refractivity contribution >= 4 is 22.3 Å². The first-order valence-corrected chi connectivity index (χ1v) is 7.28. The number of nitrogens with zero attached hydrogens (tertiary/aromatic N) is 2. The smallest absolute Gasteiger partial charge is 0.150 e. The summed E-state index contributed by atoms with van der Waals surface area (Å²) in [5, 5.41) is 11.0. The van der Waals surface area contributed by atoms with Crippen LogP contribution in [-0.2, 0) is 0 Å². The predicted molar refractivity (Wildman–Crippen MR) is 82.8 cm³/mol. The van der Waals surface area contributed by atoms with Crippen LogP contribution in [0.4, 0.5) is 15.8 Å². The molecule has 4 nitrogen and oxygen atoms in total. The summed E-state index contributed by atoms with van der Waals surface area (Å²) in [4.78, 5) is 6.30. The van der Waals surface area contributed by atoms with Crippen molar-refractivity contribution in [3.63, 3.8) is 0 Å². The largest absolute Gasteiger partial charge is 0.398 e. The van der Waals surface area contributed by atoms with E-state index in [1.165, 1.54) is 6.07 Å². The third-order valence-electron chi connectivity index (χ3n) is 4.23. The Kier molecular flexibility index (Phi) is 3.45. The maximum Gasteiger partial charge on any atom is 0.150 e. The quantitative estimate of drug-likeness (QED) is 0.792. The van der Waals surface area contributed by atoms with Crippen LogP contribution in [0.3, 0.4) is 0 Å². The molecule has 0 radical (unpaired) electrons. The van der Waals surface area contributed by atoms with Crippen LogP contribution < -0.4 is 10.6 Å². The van der Waals surface area contributed by atoms with Crippen molar-refractivity contribution in [2.75, 3.05) is 23.7 Å². The molecule has 0 aliphatic carbocycles. The van der Waals surface area contributed by atoms with Gasteiger partial charge in [-0.05, 0) is 44.4 Å². The standard InChI is InChI=1S/C16H20FN3O/c1-16(21)5-3-8-20(9-6-16)15-12(17)10-13(18)11-4-2-7-19-14(11)15/h2,4,7,10,21H,3,5-6,8-9,18H2,1H3. The molecule has 3 N–H and O–H groups in total. The van der Waals surface area contributed by atoms with Crippen LogP contribution in [0.5, 0.6) is 0 Å². The van der Waals surface area contributed by atoms with Crippen LogP contribution in [0.2, 0.25) is 0 Å². The van der Waals surface area contributed by atoms with E-state index in [0.29, 0.717) is 36.4 Å². The number of anilines is 2. The summed E-state index contributed by atoms with van der Waals surface area (Å²) in [6.07, 6.45) is 3.82. The van der Waals surface area contributed by atoms with Crippen molar-refractivity contribution in [3.05, 3.63) is 30.2 Å². The van der Waals surface area contributed by atoms with E-state index in [-0.39, 0.29) is 5.82 Å². The summed E-state index contributed by atoms with van der Waals surface area (Å²) in [5.74, 6) is -0.347. The molecule has 1 saturated heterocycles. The van der Waals surface area contributed by atoms with Crippen molar-refractivity contribution < 1.29 is 9.50 Å². The average Bonchev–Trinajstić information content (AvgIpc) is 2.60. The van der Waals surface area contributed by atoms with E-state index in [1.807, 2.05) is 17.9 Å². The molecular formula is C16H20FN3O. The summed E-state index contributed by atoms with van der Waals surface area (Å²) in [7, 11) is 0. The number of aliphatic hydroxyl groups is 1. The first-order valence-electron chi connectivity index (χ1n) is 7.28. The first-order chi connectivity index (χ1) is 9.98. The highest BCUT2D eigenvalue weighted by Crippen LogP contribution is 2.34. The third kappa shape index (κ3) is 2.65. The lowest BCUT2D eigenvalue weighted by atomic mass is 9.98. The molecule has 2 aromatic rings. The lowest BCUT2D eigenvalue weighted by molar-refractivity contribution is 0.0481. The van der Waals surface area contributed by atoms with E-state index < -0.39 is 5.60 Å². The molecule has 5 heteroatoms. The Morgan fingerprint density at radius 1 is 1.38 bits per heavy atom. The minimum Gasteiger partial charge on any atom is -0.398 e. The maximum atomic E-state index is 14.5. The van der Waals surface area contributed by atoms with Gasteiger partial charge in [-0.15, -0.1) is 0 Å². The van der Waals surface area contributed by atoms with Crippen molar-refractivity contribution in [3.8, 4) is 0 Å². The zero-order chi connectivity index (χ0) is 15.0. The summed E-state index contributed by atoms with van der Waals surface area (Å²) < 4.78 is 14.5. The van der Waals surface area contributed by atoms with Gasteiger partial charge in [0.2, 0.25) is 0 Å². The van der Waals surface area contributed by atoms with Crippen LogP contribution >= 0.6 is 0 Å². The van der Waals surface area contributed by atoms with Gasteiger partial charge < -0.3 is 15.7 Å². The Hall–Kier alpha value is -1.88. The van der Waals surface area contributed by atoms with Gasteiger partial charge in [-0.1, -0.05) is 0 Å². The monoisotopic (exact) mass is 289 g/mol. The number of aromatic nitrogens is 1. The van der Waals surface area contributed by atoms with Gasteiger partial charge in [0.1, 0.15) is 0 Å². The van der Waals surface area contributed by atoms with Gasteiger partial charge in [0.15, 0.2) is 5.82 Å². The Bertz CT molecular complexity index is 672. The molecule has 1 aliphatic rings. The molecule has 2 heterocycles. The van der Waals surface area contributed by atoms with Crippen LogP contribution in [-0.4, -0.2) is 28.8 Å². The number of benzene rings is 1. The van der Waals surface area contributed by atoms with E-state index in [2.05, 4.69) is 4.98 Å². The number of nitrogen functional groups attached to an aromatic ring is 1. The molecule has 1 aromatic heterocycles. The maximum absolute atomic E-state index is 14.5. The normalized spacial score (nSPS) is 23.3. The summed E-state index contributed by atoms with van der Waals surface area (Å²) in [5.41, 5.74) is 6.71. The second-order valence-corrected chi connectivity index (χ2v) is 6.03. The Labute approximate surface area is 123 Å². The zero-order valence-electron chi connectivity index (χ0n) is 12.1. The Morgan fingerprint density at radius 3 is 3.00 bits per heavy atom. The fraction of sp³-hybridized carbons (Fsp3) is 0.438. The van der Waals surface area contributed by atoms with E-state index in [4.69, 9.17) is 5.73 Å². The van der Waals surface area contributed by atoms with Crippen LogP contribution in [0, 0.1) is 5.82 Å². The van der Waals surface area contributed by atoms with Crippen LogP contribution in [0.25, 0.3) is 10.9 Å². The van der Waals surface area contributed by atoms with Crippen LogP contribution in [0.15, 0.2) is 24.4 Å². The molecule has 1 aliphatic heterocycles. The number of fused-ring (bicyclic) bond motifs is 1. The fourth-order valence-electron chi connectivity index (χ4n) is 3.01. The molecule has 1 aromatic carbocycles. The van der Waals surface area contributed by atoms with Gasteiger partial charge in [0.05, 0.1) is 16.8 Å². The number of nitrogens with two attached hydrogens (primary N) is 1. The zero-order valence-corrected chi connectivity index (χ0v) is 12.1. The molecule has 1 fully saturated rings. The Balaban J connectivity index is 2.08. The summed E-state index contributed by atoms with van der Waals surface area (Å²) in [6.45, 7) is 3.16. The lowest BCUT2D eigenvalue weighted by Crippen LogP contribution is -2.29. The SMILES string of the molecule is CC1(O)CCCN(c2c(F)cc(N)c3cccnc23)CC1. The molecule has 0 saturated carbocycles. The van der Waals surface area contributed by atoms with Crippen molar-refractivity contribution in [2.45, 2.75) is 31.8 Å². The third-order valence-corrected chi connectivity index (χ3v) is 4.23. The average molecular weight is 289 g/mol. The highest BCUT2D eigenvalue weighted by atomic mass is 19.1. The number of hydrogen-bond acceptors (Lipinski definition) is 4. The summed E-state index contributed by atoms with van der Waals surface area (Å²) in [6, 6.07) is 5.02. The minimum atomic E-state index is -0.678. The molecular weight excluding hydrogens is 269 g/mol. The molecule has 3 rings (SSSR count). The predicted octanol–water partition coefficient (Wildman–Crippen LogP) is 2.70. The Morgan fingerprint density at radius 2 is 2.19 bits per heavy atom. The summed E-state index contributed by atoms with van der Waals surface area (Å²) >= 11 is 0. The molecule has 112 valence electrons.